The molecule has 1 aromatic rings. The van der Waals surface area contributed by atoms with Gasteiger partial charge in [0, 0.05) is 30.4 Å². The number of aliphatic hydroxyl groups is 1. The molecule has 0 amide bonds. The van der Waals surface area contributed by atoms with Crippen LogP contribution in [0.25, 0.3) is 0 Å². The van der Waals surface area contributed by atoms with E-state index in [4.69, 9.17) is 5.73 Å². The highest BCUT2D eigenvalue weighted by Crippen LogP contribution is 2.30. The summed E-state index contributed by atoms with van der Waals surface area (Å²) in [6.07, 6.45) is 3.66. The van der Waals surface area contributed by atoms with Crippen molar-refractivity contribution < 1.29 is 5.11 Å². The average molecular weight is 235 g/mol. The second kappa shape index (κ2) is 5.47. The van der Waals surface area contributed by atoms with Gasteiger partial charge in [0.15, 0.2) is 0 Å². The first-order valence-electron chi connectivity index (χ1n) is 6.30. The molecule has 4 heteroatoms. The highest BCUT2D eigenvalue weighted by Gasteiger charge is 2.26. The lowest BCUT2D eigenvalue weighted by atomic mass is 9.91. The fourth-order valence-electron chi connectivity index (χ4n) is 2.25. The molecule has 0 aromatic carbocycles. The van der Waals surface area contributed by atoms with Crippen molar-refractivity contribution in [1.29, 1.82) is 0 Å². The molecule has 2 rings (SSSR count). The van der Waals surface area contributed by atoms with Crippen LogP contribution < -0.4 is 10.6 Å². The Morgan fingerprint density at radius 3 is 2.76 bits per heavy atom. The Hall–Kier alpha value is -1.13. The van der Waals surface area contributed by atoms with E-state index in [0.29, 0.717) is 19.1 Å². The molecule has 0 saturated heterocycles. The van der Waals surface area contributed by atoms with Crippen LogP contribution in [-0.2, 0) is 6.54 Å². The van der Waals surface area contributed by atoms with Gasteiger partial charge in [0.05, 0.1) is 6.61 Å². The van der Waals surface area contributed by atoms with Gasteiger partial charge in [-0.15, -0.1) is 0 Å². The van der Waals surface area contributed by atoms with Gasteiger partial charge in [-0.1, -0.05) is 6.07 Å². The topological polar surface area (TPSA) is 62.4 Å². The van der Waals surface area contributed by atoms with Crippen molar-refractivity contribution in [2.45, 2.75) is 38.8 Å². The van der Waals surface area contributed by atoms with Gasteiger partial charge in [-0.05, 0) is 32.3 Å². The third-order valence-electron chi connectivity index (χ3n) is 3.44. The van der Waals surface area contributed by atoms with E-state index in [1.807, 2.05) is 19.1 Å². The summed E-state index contributed by atoms with van der Waals surface area (Å²) >= 11 is 0. The molecule has 3 N–H and O–H groups in total. The molecule has 1 aromatic heterocycles. The monoisotopic (exact) mass is 235 g/mol. The summed E-state index contributed by atoms with van der Waals surface area (Å²) in [5.74, 6) is 0.964. The normalized spacial score (nSPS) is 15.7. The number of hydrogen-bond acceptors (Lipinski definition) is 4. The minimum Gasteiger partial charge on any atom is -0.395 e. The Labute approximate surface area is 102 Å². The van der Waals surface area contributed by atoms with Crippen LogP contribution >= 0.6 is 0 Å². The molecule has 1 saturated carbocycles. The lowest BCUT2D eigenvalue weighted by Crippen LogP contribution is -2.43. The standard InChI is InChI=1S/C13H21N3O/c1-10-5-6-11(9-14)13(15-10)16(7-8-17)12-3-2-4-12/h5-6,12,17H,2-4,7-9,14H2,1H3. The summed E-state index contributed by atoms with van der Waals surface area (Å²) in [4.78, 5) is 6.82. The fourth-order valence-corrected chi connectivity index (χ4v) is 2.25. The number of pyridine rings is 1. The van der Waals surface area contributed by atoms with Crippen LogP contribution in [0.4, 0.5) is 5.82 Å². The maximum absolute atomic E-state index is 9.20. The highest BCUT2D eigenvalue weighted by atomic mass is 16.3. The minimum atomic E-state index is 0.163. The second-order valence-corrected chi connectivity index (χ2v) is 4.64. The summed E-state index contributed by atoms with van der Waals surface area (Å²) in [5.41, 5.74) is 7.83. The van der Waals surface area contributed by atoms with E-state index in [0.717, 1.165) is 17.1 Å². The van der Waals surface area contributed by atoms with Crippen molar-refractivity contribution in [3.8, 4) is 0 Å². The first kappa shape index (κ1) is 12.3. The van der Waals surface area contributed by atoms with Crippen molar-refractivity contribution in [2.24, 2.45) is 5.73 Å². The highest BCUT2D eigenvalue weighted by molar-refractivity contribution is 5.49. The van der Waals surface area contributed by atoms with E-state index in [9.17, 15) is 5.11 Å². The predicted molar refractivity (Wildman–Crippen MR) is 68.9 cm³/mol. The largest absolute Gasteiger partial charge is 0.395 e. The van der Waals surface area contributed by atoms with Gasteiger partial charge in [-0.25, -0.2) is 4.98 Å². The fraction of sp³-hybridized carbons (Fsp3) is 0.615. The Bertz CT molecular complexity index is 377. The third kappa shape index (κ3) is 2.58. The van der Waals surface area contributed by atoms with Crippen LogP contribution in [-0.4, -0.2) is 29.3 Å². The zero-order valence-electron chi connectivity index (χ0n) is 10.4. The van der Waals surface area contributed by atoms with Crippen LogP contribution in [0.2, 0.25) is 0 Å². The minimum absolute atomic E-state index is 0.163. The number of hydrogen-bond donors (Lipinski definition) is 2. The van der Waals surface area contributed by atoms with Crippen LogP contribution in [0.5, 0.6) is 0 Å². The van der Waals surface area contributed by atoms with Crippen LogP contribution in [0, 0.1) is 6.92 Å². The molecular formula is C13H21N3O. The molecular weight excluding hydrogens is 214 g/mol. The second-order valence-electron chi connectivity index (χ2n) is 4.64. The number of aromatic nitrogens is 1. The zero-order chi connectivity index (χ0) is 12.3. The van der Waals surface area contributed by atoms with E-state index in [1.54, 1.807) is 0 Å². The number of aliphatic hydroxyl groups excluding tert-OH is 1. The molecule has 1 aliphatic carbocycles. The molecule has 0 unspecified atom stereocenters. The first-order chi connectivity index (χ1) is 8.26. The molecule has 0 spiro atoms. The Morgan fingerprint density at radius 1 is 1.47 bits per heavy atom. The van der Waals surface area contributed by atoms with Gasteiger partial charge < -0.3 is 15.7 Å². The molecule has 1 aliphatic rings. The van der Waals surface area contributed by atoms with Gasteiger partial charge in [0.1, 0.15) is 5.82 Å². The first-order valence-corrected chi connectivity index (χ1v) is 6.30. The molecule has 0 bridgehead atoms. The maximum Gasteiger partial charge on any atom is 0.133 e. The quantitative estimate of drug-likeness (QED) is 0.805. The maximum atomic E-state index is 9.20. The van der Waals surface area contributed by atoms with Crippen LogP contribution in [0.15, 0.2) is 12.1 Å². The summed E-state index contributed by atoms with van der Waals surface area (Å²) in [6.45, 7) is 3.29. The molecule has 17 heavy (non-hydrogen) atoms. The van der Waals surface area contributed by atoms with Gasteiger partial charge in [0.2, 0.25) is 0 Å². The smallest absolute Gasteiger partial charge is 0.133 e. The number of nitrogens with two attached hydrogens (primary N) is 1. The van der Waals surface area contributed by atoms with Gasteiger partial charge >= 0.3 is 0 Å². The van der Waals surface area contributed by atoms with Crippen molar-refractivity contribution in [2.75, 3.05) is 18.1 Å². The molecule has 1 fully saturated rings. The van der Waals surface area contributed by atoms with Crippen molar-refractivity contribution in [3.05, 3.63) is 23.4 Å². The van der Waals surface area contributed by atoms with Crippen molar-refractivity contribution >= 4 is 5.82 Å². The summed E-state index contributed by atoms with van der Waals surface area (Å²) in [5, 5.41) is 9.20. The van der Waals surface area contributed by atoms with Crippen LogP contribution in [0.1, 0.15) is 30.5 Å². The van der Waals surface area contributed by atoms with Gasteiger partial charge in [0.25, 0.3) is 0 Å². The number of aryl methyl sites for hydroxylation is 1. The van der Waals surface area contributed by atoms with E-state index >= 15 is 0 Å². The Morgan fingerprint density at radius 2 is 2.24 bits per heavy atom. The Balaban J connectivity index is 2.29. The molecule has 94 valence electrons. The van der Waals surface area contributed by atoms with Crippen molar-refractivity contribution in [1.82, 2.24) is 4.98 Å². The Kier molecular flexibility index (Phi) is 3.97. The predicted octanol–water partition coefficient (Wildman–Crippen LogP) is 1.20. The number of rotatable bonds is 5. The molecule has 1 heterocycles. The van der Waals surface area contributed by atoms with Crippen LogP contribution in [0.3, 0.4) is 0 Å². The molecule has 0 aliphatic heterocycles. The van der Waals surface area contributed by atoms with Crippen molar-refractivity contribution in [3.63, 3.8) is 0 Å². The number of anilines is 1. The van der Waals surface area contributed by atoms with E-state index in [1.165, 1.54) is 19.3 Å². The lowest BCUT2D eigenvalue weighted by molar-refractivity contribution is 0.282. The third-order valence-corrected chi connectivity index (χ3v) is 3.44. The van der Waals surface area contributed by atoms with E-state index in [2.05, 4.69) is 9.88 Å². The van der Waals surface area contributed by atoms with Gasteiger partial charge in [-0.3, -0.25) is 0 Å². The molecule has 0 radical (unpaired) electrons. The lowest BCUT2D eigenvalue weighted by Gasteiger charge is -2.39. The SMILES string of the molecule is Cc1ccc(CN)c(N(CCO)C2CCC2)n1. The zero-order valence-corrected chi connectivity index (χ0v) is 10.4. The van der Waals surface area contributed by atoms with Gasteiger partial charge in [-0.2, -0.15) is 0 Å². The average Bonchev–Trinajstić information content (AvgIpc) is 2.26. The summed E-state index contributed by atoms with van der Waals surface area (Å²) < 4.78 is 0. The van der Waals surface area contributed by atoms with E-state index < -0.39 is 0 Å². The molecule has 0 atom stereocenters. The molecule has 4 nitrogen and oxygen atoms in total. The summed E-state index contributed by atoms with van der Waals surface area (Å²) in [7, 11) is 0. The summed E-state index contributed by atoms with van der Waals surface area (Å²) in [6, 6.07) is 4.56. The number of nitrogens with zero attached hydrogens (tertiary/aromatic N) is 2. The van der Waals surface area contributed by atoms with E-state index in [-0.39, 0.29) is 6.61 Å².